The Hall–Kier alpha value is -1.56. The van der Waals surface area contributed by atoms with Crippen LogP contribution in [0.4, 0.5) is 5.13 Å². The second-order valence-corrected chi connectivity index (χ2v) is 6.47. The lowest BCUT2D eigenvalue weighted by atomic mass is 10.2. The quantitative estimate of drug-likeness (QED) is 0.746. The first-order chi connectivity index (χ1) is 9.95. The van der Waals surface area contributed by atoms with Crippen molar-refractivity contribution >= 4 is 55.8 Å². The lowest BCUT2D eigenvalue weighted by molar-refractivity contribution is 0.101. The molecule has 2 aromatic heterocycles. The predicted molar refractivity (Wildman–Crippen MR) is 87.7 cm³/mol. The molecular formula is C14H11Cl2N3OS. The Morgan fingerprint density at radius 3 is 2.76 bits per heavy atom. The molecular weight excluding hydrogens is 329 g/mol. The highest BCUT2D eigenvalue weighted by atomic mass is 35.5. The van der Waals surface area contributed by atoms with Gasteiger partial charge in [-0.05, 0) is 30.7 Å². The monoisotopic (exact) mass is 339 g/mol. The average Bonchev–Trinajstić information content (AvgIpc) is 2.94. The molecule has 0 unspecified atom stereocenters. The molecule has 1 amide bonds. The van der Waals surface area contributed by atoms with Crippen molar-refractivity contribution in [3.05, 3.63) is 45.7 Å². The summed E-state index contributed by atoms with van der Waals surface area (Å²) in [7, 11) is 1.69. The van der Waals surface area contributed by atoms with E-state index in [1.54, 1.807) is 7.05 Å². The fourth-order valence-corrected chi connectivity index (χ4v) is 3.34. The van der Waals surface area contributed by atoms with Crippen LogP contribution in [0.25, 0.3) is 10.2 Å². The van der Waals surface area contributed by atoms with Crippen LogP contribution in [0.5, 0.6) is 0 Å². The first-order valence-corrected chi connectivity index (χ1v) is 7.72. The van der Waals surface area contributed by atoms with Gasteiger partial charge in [-0.3, -0.25) is 10.1 Å². The third-order valence-corrected chi connectivity index (χ3v) is 4.89. The van der Waals surface area contributed by atoms with Crippen molar-refractivity contribution in [1.29, 1.82) is 0 Å². The van der Waals surface area contributed by atoms with E-state index in [2.05, 4.69) is 10.3 Å². The van der Waals surface area contributed by atoms with E-state index in [-0.39, 0.29) is 5.91 Å². The van der Waals surface area contributed by atoms with Crippen LogP contribution in [0, 0.1) is 6.92 Å². The van der Waals surface area contributed by atoms with Crippen LogP contribution in [0.1, 0.15) is 16.1 Å². The van der Waals surface area contributed by atoms with Crippen LogP contribution in [0.2, 0.25) is 10.2 Å². The molecule has 0 bridgehead atoms. The SMILES string of the molecule is Cc1ccc2nc(NC(=O)c3cc(Cl)c(Cl)n3C)sc2c1. The van der Waals surface area contributed by atoms with Crippen LogP contribution in [0.3, 0.4) is 0 Å². The van der Waals surface area contributed by atoms with E-state index < -0.39 is 0 Å². The summed E-state index contributed by atoms with van der Waals surface area (Å²) in [5, 5.41) is 4.01. The Morgan fingerprint density at radius 1 is 1.33 bits per heavy atom. The Morgan fingerprint density at radius 2 is 2.10 bits per heavy atom. The molecule has 108 valence electrons. The van der Waals surface area contributed by atoms with Crippen LogP contribution in [-0.2, 0) is 7.05 Å². The highest BCUT2D eigenvalue weighted by Crippen LogP contribution is 2.29. The number of hydrogen-bond donors (Lipinski definition) is 1. The summed E-state index contributed by atoms with van der Waals surface area (Å²) < 4.78 is 2.57. The molecule has 0 aliphatic carbocycles. The molecule has 0 atom stereocenters. The smallest absolute Gasteiger partial charge is 0.274 e. The third kappa shape index (κ3) is 2.64. The minimum absolute atomic E-state index is 0.290. The van der Waals surface area contributed by atoms with Gasteiger partial charge in [0.15, 0.2) is 5.13 Å². The van der Waals surface area contributed by atoms with Gasteiger partial charge in [-0.1, -0.05) is 40.6 Å². The number of carbonyl (C=O) groups is 1. The molecule has 2 heterocycles. The molecule has 0 radical (unpaired) electrons. The number of carbonyl (C=O) groups excluding carboxylic acids is 1. The molecule has 0 aliphatic rings. The van der Waals surface area contributed by atoms with Gasteiger partial charge in [0.1, 0.15) is 10.8 Å². The van der Waals surface area contributed by atoms with Crippen LogP contribution < -0.4 is 5.32 Å². The van der Waals surface area contributed by atoms with Crippen molar-refractivity contribution in [2.24, 2.45) is 7.05 Å². The number of aryl methyl sites for hydroxylation is 1. The molecule has 3 aromatic rings. The Balaban J connectivity index is 1.90. The molecule has 7 heteroatoms. The number of amides is 1. The van der Waals surface area contributed by atoms with Gasteiger partial charge in [0.05, 0.1) is 15.2 Å². The Kier molecular flexibility index (Phi) is 3.65. The standard InChI is InChI=1S/C14H11Cl2N3OS/c1-7-3-4-9-11(5-7)21-14(17-9)18-13(20)10-6-8(15)12(16)19(10)2/h3-6H,1-2H3,(H,17,18,20). The second-order valence-electron chi connectivity index (χ2n) is 4.67. The molecule has 0 spiro atoms. The maximum Gasteiger partial charge on any atom is 0.274 e. The van der Waals surface area contributed by atoms with E-state index >= 15 is 0 Å². The molecule has 0 saturated heterocycles. The fraction of sp³-hybridized carbons (Fsp3) is 0.143. The van der Waals surface area contributed by atoms with Crippen molar-refractivity contribution < 1.29 is 4.79 Å². The largest absolute Gasteiger partial charge is 0.329 e. The van der Waals surface area contributed by atoms with Gasteiger partial charge < -0.3 is 4.57 Å². The van der Waals surface area contributed by atoms with E-state index in [4.69, 9.17) is 23.2 Å². The van der Waals surface area contributed by atoms with E-state index in [0.717, 1.165) is 15.8 Å². The number of benzene rings is 1. The summed E-state index contributed by atoms with van der Waals surface area (Å²) in [6, 6.07) is 7.51. The number of nitrogens with one attached hydrogen (secondary N) is 1. The van der Waals surface area contributed by atoms with E-state index in [1.807, 2.05) is 25.1 Å². The first-order valence-electron chi connectivity index (χ1n) is 6.15. The highest BCUT2D eigenvalue weighted by molar-refractivity contribution is 7.22. The van der Waals surface area contributed by atoms with Crippen molar-refractivity contribution in [3.8, 4) is 0 Å². The zero-order valence-electron chi connectivity index (χ0n) is 11.3. The van der Waals surface area contributed by atoms with Crippen molar-refractivity contribution in [2.45, 2.75) is 6.92 Å². The normalized spacial score (nSPS) is 11.0. The maximum atomic E-state index is 12.3. The van der Waals surface area contributed by atoms with Gasteiger partial charge >= 0.3 is 0 Å². The first kappa shape index (κ1) is 14.4. The topological polar surface area (TPSA) is 46.9 Å². The second kappa shape index (κ2) is 5.33. The minimum atomic E-state index is -0.290. The number of halogens is 2. The van der Waals surface area contributed by atoms with Gasteiger partial charge in [0.25, 0.3) is 5.91 Å². The lowest BCUT2D eigenvalue weighted by Crippen LogP contribution is -2.15. The Bertz CT molecular complexity index is 853. The average molecular weight is 340 g/mol. The molecule has 0 aliphatic heterocycles. The van der Waals surface area contributed by atoms with E-state index in [1.165, 1.54) is 22.0 Å². The molecule has 3 rings (SSSR count). The predicted octanol–water partition coefficient (Wildman–Crippen LogP) is 4.50. The third-order valence-electron chi connectivity index (χ3n) is 3.11. The van der Waals surface area contributed by atoms with Crippen LogP contribution in [0.15, 0.2) is 24.3 Å². The minimum Gasteiger partial charge on any atom is -0.329 e. The van der Waals surface area contributed by atoms with Crippen LogP contribution >= 0.6 is 34.5 Å². The van der Waals surface area contributed by atoms with Crippen molar-refractivity contribution in [2.75, 3.05) is 5.32 Å². The maximum absolute atomic E-state index is 12.3. The highest BCUT2D eigenvalue weighted by Gasteiger charge is 2.17. The summed E-state index contributed by atoms with van der Waals surface area (Å²) in [5.74, 6) is -0.290. The van der Waals surface area contributed by atoms with E-state index in [9.17, 15) is 4.79 Å². The summed E-state index contributed by atoms with van der Waals surface area (Å²) in [4.78, 5) is 16.7. The molecule has 1 aromatic carbocycles. The number of rotatable bonds is 2. The van der Waals surface area contributed by atoms with Gasteiger partial charge in [-0.25, -0.2) is 4.98 Å². The zero-order valence-corrected chi connectivity index (χ0v) is 13.6. The molecule has 0 saturated carbocycles. The van der Waals surface area contributed by atoms with Gasteiger partial charge in [-0.2, -0.15) is 0 Å². The lowest BCUT2D eigenvalue weighted by Gasteiger charge is -2.03. The fourth-order valence-electron chi connectivity index (χ4n) is 2.01. The molecule has 21 heavy (non-hydrogen) atoms. The van der Waals surface area contributed by atoms with Gasteiger partial charge in [-0.15, -0.1) is 0 Å². The molecule has 4 nitrogen and oxygen atoms in total. The van der Waals surface area contributed by atoms with Crippen molar-refractivity contribution in [1.82, 2.24) is 9.55 Å². The summed E-state index contributed by atoms with van der Waals surface area (Å²) in [6.45, 7) is 2.02. The number of nitrogens with zero attached hydrogens (tertiary/aromatic N) is 2. The summed E-state index contributed by atoms with van der Waals surface area (Å²) in [6.07, 6.45) is 0. The number of thiazole rings is 1. The zero-order chi connectivity index (χ0) is 15.1. The number of anilines is 1. The van der Waals surface area contributed by atoms with Gasteiger partial charge in [0.2, 0.25) is 0 Å². The number of aromatic nitrogens is 2. The van der Waals surface area contributed by atoms with Crippen LogP contribution in [-0.4, -0.2) is 15.5 Å². The molecule has 1 N–H and O–H groups in total. The van der Waals surface area contributed by atoms with Gasteiger partial charge in [0, 0.05) is 7.05 Å². The van der Waals surface area contributed by atoms with E-state index in [0.29, 0.717) is 21.0 Å². The Labute approximate surface area is 135 Å². The summed E-state index contributed by atoms with van der Waals surface area (Å²) >= 11 is 13.3. The van der Waals surface area contributed by atoms with Crippen molar-refractivity contribution in [3.63, 3.8) is 0 Å². The number of hydrogen-bond acceptors (Lipinski definition) is 3. The molecule has 0 fully saturated rings. The number of fused-ring (bicyclic) bond motifs is 1. The summed E-state index contributed by atoms with van der Waals surface area (Å²) in [5.41, 5.74) is 2.41.